The van der Waals surface area contributed by atoms with Gasteiger partial charge in [-0.1, -0.05) is 30.3 Å². The number of halogens is 1. The highest BCUT2D eigenvalue weighted by atomic mass is 35.5. The summed E-state index contributed by atoms with van der Waals surface area (Å²) in [7, 11) is 0. The highest BCUT2D eigenvalue weighted by Crippen LogP contribution is 2.28. The van der Waals surface area contributed by atoms with Crippen LogP contribution < -0.4 is 5.32 Å². The standard InChI is InChI=1S/C19H26N2O2.ClH/c22-18(16-4-2-1-3-5-16)8-9-19(23)21-12-10-17(11-13-21)20-14-15-6-7-15;/h1-5,15,17,20H,6-14H2;1H. The Kier molecular flexibility index (Phi) is 7.25. The molecular formula is C19H27ClN2O2. The molecule has 1 aliphatic heterocycles. The summed E-state index contributed by atoms with van der Waals surface area (Å²) in [5, 5.41) is 3.62. The SMILES string of the molecule is Cl.O=C(CCC(=O)N1CCC(NCC2CC2)CC1)c1ccccc1. The van der Waals surface area contributed by atoms with Gasteiger partial charge in [-0.15, -0.1) is 12.4 Å². The molecule has 0 atom stereocenters. The molecular weight excluding hydrogens is 324 g/mol. The molecule has 1 heterocycles. The van der Waals surface area contributed by atoms with Crippen LogP contribution in [0.25, 0.3) is 0 Å². The Bertz CT molecular complexity index is 538. The number of rotatable bonds is 7. The maximum Gasteiger partial charge on any atom is 0.223 e. The van der Waals surface area contributed by atoms with E-state index in [1.165, 1.54) is 12.8 Å². The molecule has 3 rings (SSSR count). The zero-order valence-electron chi connectivity index (χ0n) is 14.1. The van der Waals surface area contributed by atoms with E-state index in [2.05, 4.69) is 5.32 Å². The molecule has 4 nitrogen and oxygen atoms in total. The number of amides is 1. The molecule has 2 fully saturated rings. The molecule has 132 valence electrons. The van der Waals surface area contributed by atoms with E-state index in [-0.39, 0.29) is 24.1 Å². The van der Waals surface area contributed by atoms with Crippen molar-refractivity contribution in [3.8, 4) is 0 Å². The number of carbonyl (C=O) groups excluding carboxylic acids is 2. The molecule has 1 aromatic carbocycles. The maximum absolute atomic E-state index is 12.3. The van der Waals surface area contributed by atoms with Crippen molar-refractivity contribution < 1.29 is 9.59 Å². The summed E-state index contributed by atoms with van der Waals surface area (Å²) >= 11 is 0. The van der Waals surface area contributed by atoms with Crippen LogP contribution in [0.1, 0.15) is 48.9 Å². The van der Waals surface area contributed by atoms with Crippen LogP contribution in [0.2, 0.25) is 0 Å². The molecule has 24 heavy (non-hydrogen) atoms. The second kappa shape index (κ2) is 9.19. The summed E-state index contributed by atoms with van der Waals surface area (Å²) < 4.78 is 0. The van der Waals surface area contributed by atoms with Crippen molar-refractivity contribution >= 4 is 24.1 Å². The van der Waals surface area contributed by atoms with Gasteiger partial charge in [0.1, 0.15) is 0 Å². The highest BCUT2D eigenvalue weighted by molar-refractivity contribution is 5.97. The minimum absolute atomic E-state index is 0. The Labute approximate surface area is 150 Å². The monoisotopic (exact) mass is 350 g/mol. The van der Waals surface area contributed by atoms with Crippen LogP contribution in [0, 0.1) is 5.92 Å². The minimum Gasteiger partial charge on any atom is -0.343 e. The second-order valence-electron chi connectivity index (χ2n) is 6.80. The van der Waals surface area contributed by atoms with E-state index in [0.29, 0.717) is 24.4 Å². The predicted molar refractivity (Wildman–Crippen MR) is 97.6 cm³/mol. The van der Waals surface area contributed by atoms with Crippen LogP contribution in [-0.2, 0) is 4.79 Å². The van der Waals surface area contributed by atoms with Crippen LogP contribution in [-0.4, -0.2) is 42.3 Å². The van der Waals surface area contributed by atoms with E-state index >= 15 is 0 Å². The first kappa shape index (κ1) is 18.9. The minimum atomic E-state index is 0. The number of carbonyl (C=O) groups is 2. The molecule has 2 aliphatic rings. The van der Waals surface area contributed by atoms with Crippen molar-refractivity contribution in [1.29, 1.82) is 0 Å². The number of hydrogen-bond donors (Lipinski definition) is 1. The number of benzene rings is 1. The molecule has 0 radical (unpaired) electrons. The van der Waals surface area contributed by atoms with Crippen molar-refractivity contribution in [3.05, 3.63) is 35.9 Å². The van der Waals surface area contributed by atoms with E-state index in [1.807, 2.05) is 35.2 Å². The fourth-order valence-electron chi connectivity index (χ4n) is 3.14. The molecule has 1 aromatic rings. The number of piperidine rings is 1. The highest BCUT2D eigenvalue weighted by Gasteiger charge is 2.26. The zero-order valence-corrected chi connectivity index (χ0v) is 14.9. The summed E-state index contributed by atoms with van der Waals surface area (Å²) in [6, 6.07) is 9.78. The topological polar surface area (TPSA) is 49.4 Å². The van der Waals surface area contributed by atoms with Crippen molar-refractivity contribution in [2.45, 2.75) is 44.6 Å². The van der Waals surface area contributed by atoms with Gasteiger partial charge in [0.15, 0.2) is 5.78 Å². The van der Waals surface area contributed by atoms with E-state index in [9.17, 15) is 9.59 Å². The quantitative estimate of drug-likeness (QED) is 0.769. The van der Waals surface area contributed by atoms with Gasteiger partial charge in [-0.25, -0.2) is 0 Å². The average Bonchev–Trinajstić information content (AvgIpc) is 3.43. The Morgan fingerprint density at radius 1 is 1.00 bits per heavy atom. The molecule has 1 saturated carbocycles. The number of Topliss-reactive ketones (excluding diaryl/α,β-unsaturated/α-hetero) is 1. The summed E-state index contributed by atoms with van der Waals surface area (Å²) in [4.78, 5) is 26.3. The first-order valence-electron chi connectivity index (χ1n) is 8.82. The summed E-state index contributed by atoms with van der Waals surface area (Å²) in [5.74, 6) is 1.08. The van der Waals surface area contributed by atoms with Crippen molar-refractivity contribution in [2.24, 2.45) is 5.92 Å². The number of nitrogens with one attached hydrogen (secondary N) is 1. The van der Waals surface area contributed by atoms with E-state index in [4.69, 9.17) is 0 Å². The van der Waals surface area contributed by atoms with E-state index in [1.54, 1.807) is 0 Å². The largest absolute Gasteiger partial charge is 0.343 e. The van der Waals surface area contributed by atoms with Crippen molar-refractivity contribution in [3.63, 3.8) is 0 Å². The third kappa shape index (κ3) is 5.60. The van der Waals surface area contributed by atoms with Crippen LogP contribution in [0.3, 0.4) is 0 Å². The molecule has 0 unspecified atom stereocenters. The van der Waals surface area contributed by atoms with Gasteiger partial charge >= 0.3 is 0 Å². The van der Waals surface area contributed by atoms with Gasteiger partial charge in [-0.05, 0) is 38.1 Å². The summed E-state index contributed by atoms with van der Waals surface area (Å²) in [6.45, 7) is 2.78. The molecule has 0 spiro atoms. The van der Waals surface area contributed by atoms with E-state index in [0.717, 1.165) is 38.4 Å². The van der Waals surface area contributed by atoms with Gasteiger partial charge in [0.2, 0.25) is 5.91 Å². The van der Waals surface area contributed by atoms with Gasteiger partial charge in [0, 0.05) is 37.5 Å². The first-order chi connectivity index (χ1) is 11.2. The molecule has 0 bridgehead atoms. The van der Waals surface area contributed by atoms with Gasteiger partial charge in [0.25, 0.3) is 0 Å². The van der Waals surface area contributed by atoms with Gasteiger partial charge in [0.05, 0.1) is 0 Å². The van der Waals surface area contributed by atoms with Gasteiger partial charge in [-0.3, -0.25) is 9.59 Å². The molecule has 0 aromatic heterocycles. The fraction of sp³-hybridized carbons (Fsp3) is 0.579. The van der Waals surface area contributed by atoms with Crippen LogP contribution >= 0.6 is 12.4 Å². The second-order valence-corrected chi connectivity index (χ2v) is 6.80. The fourth-order valence-corrected chi connectivity index (χ4v) is 3.14. The number of hydrogen-bond acceptors (Lipinski definition) is 3. The lowest BCUT2D eigenvalue weighted by molar-refractivity contribution is -0.132. The third-order valence-corrected chi connectivity index (χ3v) is 4.90. The number of ketones is 1. The maximum atomic E-state index is 12.3. The Hall–Kier alpha value is -1.39. The molecule has 1 saturated heterocycles. The molecule has 1 N–H and O–H groups in total. The van der Waals surface area contributed by atoms with Gasteiger partial charge in [-0.2, -0.15) is 0 Å². The lowest BCUT2D eigenvalue weighted by Gasteiger charge is -2.32. The smallest absolute Gasteiger partial charge is 0.223 e. The lowest BCUT2D eigenvalue weighted by Crippen LogP contribution is -2.45. The Morgan fingerprint density at radius 2 is 1.67 bits per heavy atom. The van der Waals surface area contributed by atoms with Crippen LogP contribution in [0.5, 0.6) is 0 Å². The third-order valence-electron chi connectivity index (χ3n) is 4.90. The number of likely N-dealkylation sites (tertiary alicyclic amines) is 1. The van der Waals surface area contributed by atoms with Crippen molar-refractivity contribution in [1.82, 2.24) is 10.2 Å². The van der Waals surface area contributed by atoms with Crippen LogP contribution in [0.4, 0.5) is 0 Å². The average molecular weight is 351 g/mol. The summed E-state index contributed by atoms with van der Waals surface area (Å²) in [5.41, 5.74) is 0.697. The summed E-state index contributed by atoms with van der Waals surface area (Å²) in [6.07, 6.45) is 5.45. The molecule has 1 aliphatic carbocycles. The zero-order chi connectivity index (χ0) is 16.1. The predicted octanol–water partition coefficient (Wildman–Crippen LogP) is 3.06. The Balaban J connectivity index is 0.00000208. The van der Waals surface area contributed by atoms with E-state index < -0.39 is 0 Å². The molecule has 1 amide bonds. The molecule has 5 heteroatoms. The number of nitrogens with zero attached hydrogens (tertiary/aromatic N) is 1. The van der Waals surface area contributed by atoms with Crippen molar-refractivity contribution in [2.75, 3.05) is 19.6 Å². The van der Waals surface area contributed by atoms with Gasteiger partial charge < -0.3 is 10.2 Å². The Morgan fingerprint density at radius 3 is 2.29 bits per heavy atom. The van der Waals surface area contributed by atoms with Crippen LogP contribution in [0.15, 0.2) is 30.3 Å². The lowest BCUT2D eigenvalue weighted by atomic mass is 10.0. The normalized spacial score (nSPS) is 18.1. The first-order valence-corrected chi connectivity index (χ1v) is 8.82.